The molecule has 1 fully saturated rings. The molecule has 2 N–H and O–H groups in total. The van der Waals surface area contributed by atoms with Gasteiger partial charge in [-0.05, 0) is 44.7 Å². The molecule has 25 heavy (non-hydrogen) atoms. The second-order valence-corrected chi connectivity index (χ2v) is 7.00. The van der Waals surface area contributed by atoms with Gasteiger partial charge >= 0.3 is 0 Å². The van der Waals surface area contributed by atoms with Crippen LogP contribution in [0, 0.1) is 13.8 Å². The van der Waals surface area contributed by atoms with Crippen molar-refractivity contribution >= 4 is 5.96 Å². The number of aliphatic imine (C=N–C) groups is 1. The molecule has 0 atom stereocenters. The lowest BCUT2D eigenvalue weighted by Gasteiger charge is -2.19. The van der Waals surface area contributed by atoms with E-state index >= 15 is 0 Å². The molecule has 5 heteroatoms. The standard InChI is InChI=1S/C20H29N5/c1-16-14-17(2)25(24-16)13-7-12-22-19(21-3)23-15-20(10-11-20)18-8-5-4-6-9-18/h4-6,8-9,14H,7,10-13,15H2,1-3H3,(H2,21,22,23). The van der Waals surface area contributed by atoms with E-state index in [2.05, 4.69) is 68.7 Å². The van der Waals surface area contributed by atoms with E-state index in [1.807, 2.05) is 14.0 Å². The maximum absolute atomic E-state index is 4.50. The summed E-state index contributed by atoms with van der Waals surface area (Å²) in [5.74, 6) is 0.885. The second kappa shape index (κ2) is 7.72. The molecule has 0 bridgehead atoms. The SMILES string of the molecule is CN=C(NCCCn1nc(C)cc1C)NCC1(c2ccccc2)CC1. The van der Waals surface area contributed by atoms with Crippen LogP contribution in [0.2, 0.25) is 0 Å². The fraction of sp³-hybridized carbons (Fsp3) is 0.500. The number of rotatable bonds is 7. The Balaban J connectivity index is 1.42. The largest absolute Gasteiger partial charge is 0.356 e. The first kappa shape index (κ1) is 17.5. The summed E-state index contributed by atoms with van der Waals surface area (Å²) in [4.78, 5) is 4.35. The van der Waals surface area contributed by atoms with Crippen LogP contribution in [0.5, 0.6) is 0 Å². The zero-order chi connectivity index (χ0) is 17.7. The molecule has 0 aliphatic heterocycles. The molecule has 0 amide bonds. The lowest BCUT2D eigenvalue weighted by molar-refractivity contribution is 0.553. The second-order valence-electron chi connectivity index (χ2n) is 7.00. The Labute approximate surface area is 150 Å². The molecule has 0 radical (unpaired) electrons. The molecule has 1 saturated carbocycles. The van der Waals surface area contributed by atoms with Crippen LogP contribution in [0.4, 0.5) is 0 Å². The first-order chi connectivity index (χ1) is 12.1. The molecule has 1 aromatic carbocycles. The summed E-state index contributed by atoms with van der Waals surface area (Å²) in [5.41, 5.74) is 4.03. The Morgan fingerprint density at radius 3 is 2.56 bits per heavy atom. The minimum Gasteiger partial charge on any atom is -0.356 e. The van der Waals surface area contributed by atoms with Gasteiger partial charge in [0.15, 0.2) is 5.96 Å². The third-order valence-corrected chi connectivity index (χ3v) is 5.00. The van der Waals surface area contributed by atoms with E-state index in [9.17, 15) is 0 Å². The molecule has 0 unspecified atom stereocenters. The Bertz CT molecular complexity index is 713. The number of hydrogen-bond acceptors (Lipinski definition) is 2. The van der Waals surface area contributed by atoms with E-state index in [-0.39, 0.29) is 0 Å². The van der Waals surface area contributed by atoms with Crippen molar-refractivity contribution in [3.8, 4) is 0 Å². The van der Waals surface area contributed by atoms with Crippen LogP contribution in [0.3, 0.4) is 0 Å². The quantitative estimate of drug-likeness (QED) is 0.463. The van der Waals surface area contributed by atoms with Gasteiger partial charge in [-0.15, -0.1) is 0 Å². The Morgan fingerprint density at radius 2 is 1.96 bits per heavy atom. The Hall–Kier alpha value is -2.30. The molecule has 5 nitrogen and oxygen atoms in total. The molecule has 1 aliphatic carbocycles. The molecule has 134 valence electrons. The smallest absolute Gasteiger partial charge is 0.191 e. The van der Waals surface area contributed by atoms with Crippen LogP contribution in [-0.4, -0.2) is 35.9 Å². The summed E-state index contributed by atoms with van der Waals surface area (Å²) >= 11 is 0. The minimum atomic E-state index is 0.294. The predicted octanol–water partition coefficient (Wildman–Crippen LogP) is 2.79. The van der Waals surface area contributed by atoms with Gasteiger partial charge in [-0.2, -0.15) is 5.10 Å². The van der Waals surface area contributed by atoms with Crippen molar-refractivity contribution in [3.05, 3.63) is 53.3 Å². The highest BCUT2D eigenvalue weighted by Gasteiger charge is 2.43. The Morgan fingerprint density at radius 1 is 1.20 bits per heavy atom. The monoisotopic (exact) mass is 339 g/mol. The molecule has 0 saturated heterocycles. The third kappa shape index (κ3) is 4.41. The number of nitrogens with one attached hydrogen (secondary N) is 2. The molecule has 1 heterocycles. The van der Waals surface area contributed by atoms with Gasteiger partial charge in [0.1, 0.15) is 0 Å². The van der Waals surface area contributed by atoms with E-state index < -0.39 is 0 Å². The molecule has 2 aromatic rings. The summed E-state index contributed by atoms with van der Waals surface area (Å²) in [7, 11) is 1.83. The van der Waals surface area contributed by atoms with Gasteiger partial charge < -0.3 is 10.6 Å². The number of guanidine groups is 1. The maximum Gasteiger partial charge on any atom is 0.191 e. The summed E-state index contributed by atoms with van der Waals surface area (Å²) < 4.78 is 2.07. The predicted molar refractivity (Wildman–Crippen MR) is 103 cm³/mol. The van der Waals surface area contributed by atoms with E-state index in [1.165, 1.54) is 24.1 Å². The fourth-order valence-corrected chi connectivity index (χ4v) is 3.32. The number of nitrogens with zero attached hydrogens (tertiary/aromatic N) is 3. The van der Waals surface area contributed by atoms with Crippen LogP contribution in [0.1, 0.15) is 36.2 Å². The van der Waals surface area contributed by atoms with Crippen LogP contribution < -0.4 is 10.6 Å². The number of benzene rings is 1. The van der Waals surface area contributed by atoms with Crippen molar-refractivity contribution in [2.75, 3.05) is 20.1 Å². The average molecular weight is 339 g/mol. The summed E-state index contributed by atoms with van der Waals surface area (Å²) in [6.45, 7) is 6.89. The number of aromatic nitrogens is 2. The van der Waals surface area contributed by atoms with E-state index in [4.69, 9.17) is 0 Å². The van der Waals surface area contributed by atoms with Crippen LogP contribution in [0.15, 0.2) is 41.4 Å². The molecular weight excluding hydrogens is 310 g/mol. The lowest BCUT2D eigenvalue weighted by Crippen LogP contribution is -2.41. The summed E-state index contributed by atoms with van der Waals surface area (Å²) in [6, 6.07) is 12.9. The number of hydrogen-bond donors (Lipinski definition) is 2. The van der Waals surface area contributed by atoms with Crippen molar-refractivity contribution in [1.29, 1.82) is 0 Å². The van der Waals surface area contributed by atoms with E-state index in [0.717, 1.165) is 37.7 Å². The van der Waals surface area contributed by atoms with Gasteiger partial charge in [-0.3, -0.25) is 9.67 Å². The van der Waals surface area contributed by atoms with Gasteiger partial charge in [-0.25, -0.2) is 0 Å². The van der Waals surface area contributed by atoms with Gasteiger partial charge in [0.25, 0.3) is 0 Å². The zero-order valence-electron chi connectivity index (χ0n) is 15.5. The van der Waals surface area contributed by atoms with Gasteiger partial charge in [-0.1, -0.05) is 30.3 Å². The fourth-order valence-electron chi connectivity index (χ4n) is 3.32. The zero-order valence-corrected chi connectivity index (χ0v) is 15.5. The Kier molecular flexibility index (Phi) is 5.41. The number of aryl methyl sites for hydroxylation is 3. The molecule has 0 spiro atoms. The van der Waals surface area contributed by atoms with Crippen LogP contribution in [-0.2, 0) is 12.0 Å². The lowest BCUT2D eigenvalue weighted by atomic mass is 9.96. The van der Waals surface area contributed by atoms with Crippen molar-refractivity contribution in [3.63, 3.8) is 0 Å². The normalized spacial score (nSPS) is 15.9. The van der Waals surface area contributed by atoms with Crippen molar-refractivity contribution in [2.45, 2.75) is 45.1 Å². The topological polar surface area (TPSA) is 54.2 Å². The van der Waals surface area contributed by atoms with Crippen molar-refractivity contribution < 1.29 is 0 Å². The van der Waals surface area contributed by atoms with Gasteiger partial charge in [0.2, 0.25) is 0 Å². The summed E-state index contributed by atoms with van der Waals surface area (Å²) in [5, 5.41) is 11.4. The molecule has 1 aliphatic rings. The van der Waals surface area contributed by atoms with Crippen LogP contribution >= 0.6 is 0 Å². The first-order valence-electron chi connectivity index (χ1n) is 9.14. The molecular formula is C20H29N5. The van der Waals surface area contributed by atoms with E-state index in [1.54, 1.807) is 0 Å². The molecule has 1 aromatic heterocycles. The van der Waals surface area contributed by atoms with Gasteiger partial charge in [0, 0.05) is 37.8 Å². The highest BCUT2D eigenvalue weighted by molar-refractivity contribution is 5.79. The van der Waals surface area contributed by atoms with E-state index in [0.29, 0.717) is 5.41 Å². The average Bonchev–Trinajstić information content (AvgIpc) is 3.35. The van der Waals surface area contributed by atoms with Crippen LogP contribution in [0.25, 0.3) is 0 Å². The third-order valence-electron chi connectivity index (χ3n) is 5.00. The molecule has 3 rings (SSSR count). The highest BCUT2D eigenvalue weighted by Crippen LogP contribution is 2.47. The summed E-state index contributed by atoms with van der Waals surface area (Å²) in [6.07, 6.45) is 3.52. The minimum absolute atomic E-state index is 0.294. The maximum atomic E-state index is 4.50. The highest BCUT2D eigenvalue weighted by atomic mass is 15.3. The van der Waals surface area contributed by atoms with Gasteiger partial charge in [0.05, 0.1) is 5.69 Å². The van der Waals surface area contributed by atoms with Crippen molar-refractivity contribution in [1.82, 2.24) is 20.4 Å². The first-order valence-corrected chi connectivity index (χ1v) is 9.14. The van der Waals surface area contributed by atoms with Crippen molar-refractivity contribution in [2.24, 2.45) is 4.99 Å².